The lowest BCUT2D eigenvalue weighted by Crippen LogP contribution is -2.30. The zero-order valence-electron chi connectivity index (χ0n) is 42.6. The van der Waals surface area contributed by atoms with Gasteiger partial charge in [0.1, 0.15) is 13.2 Å². The SMILES string of the molecule is CC/C=C\C/C=C\C/C=C\C/C=C\CCCCCCCCCCC(=O)OCC(COC(=O)CCCCCCCCCC)OC(=O)CCCCCCCCCCCCCCCCCCC. The van der Waals surface area contributed by atoms with Gasteiger partial charge in [0, 0.05) is 19.3 Å². The van der Waals surface area contributed by atoms with E-state index in [9.17, 15) is 14.4 Å². The summed E-state index contributed by atoms with van der Waals surface area (Å²) in [4.78, 5) is 37.9. The summed E-state index contributed by atoms with van der Waals surface area (Å²) >= 11 is 0. The Hall–Kier alpha value is -2.63. The molecule has 0 aromatic rings. The standard InChI is InChI=1S/C58H104O6/c1-4-7-10-13-16-19-21-23-25-27-28-29-30-32-33-35-37-39-42-45-48-51-57(60)63-54-55(53-62-56(59)50-47-44-41-18-15-12-9-6-3)64-58(61)52-49-46-43-40-38-36-34-31-26-24-22-20-17-14-11-8-5-2/h7,10,16,19,23,25,28-29,55H,4-6,8-9,11-15,17-18,20-22,24,26-27,30-54H2,1-3H3/b10-7-,19-16-,25-23-,29-28-. The summed E-state index contributed by atoms with van der Waals surface area (Å²) in [6, 6.07) is 0. The van der Waals surface area contributed by atoms with Crippen LogP contribution in [0.5, 0.6) is 0 Å². The van der Waals surface area contributed by atoms with Gasteiger partial charge in [0.2, 0.25) is 0 Å². The summed E-state index contributed by atoms with van der Waals surface area (Å²) in [5.41, 5.74) is 0. The molecule has 0 amide bonds. The van der Waals surface area contributed by atoms with Crippen LogP contribution in [-0.4, -0.2) is 37.2 Å². The molecule has 0 spiro atoms. The van der Waals surface area contributed by atoms with Gasteiger partial charge in [-0.05, 0) is 57.8 Å². The maximum absolute atomic E-state index is 12.8. The molecule has 0 aliphatic heterocycles. The molecule has 0 saturated heterocycles. The molecule has 64 heavy (non-hydrogen) atoms. The highest BCUT2D eigenvalue weighted by atomic mass is 16.6. The normalized spacial score (nSPS) is 12.4. The van der Waals surface area contributed by atoms with E-state index in [1.807, 2.05) is 0 Å². The Labute approximate surface area is 397 Å². The second-order valence-corrected chi connectivity index (χ2v) is 18.5. The Morgan fingerprint density at radius 3 is 0.953 bits per heavy atom. The molecule has 1 atom stereocenters. The maximum Gasteiger partial charge on any atom is 0.306 e. The molecular weight excluding hydrogens is 793 g/mol. The highest BCUT2D eigenvalue weighted by Crippen LogP contribution is 2.16. The minimum Gasteiger partial charge on any atom is -0.462 e. The van der Waals surface area contributed by atoms with E-state index in [2.05, 4.69) is 69.4 Å². The van der Waals surface area contributed by atoms with Crippen LogP contribution in [0.25, 0.3) is 0 Å². The van der Waals surface area contributed by atoms with Crippen molar-refractivity contribution in [3.05, 3.63) is 48.6 Å². The van der Waals surface area contributed by atoms with Crippen LogP contribution in [0.1, 0.15) is 284 Å². The van der Waals surface area contributed by atoms with Crippen molar-refractivity contribution in [2.24, 2.45) is 0 Å². The van der Waals surface area contributed by atoms with Crippen molar-refractivity contribution >= 4 is 17.9 Å². The van der Waals surface area contributed by atoms with E-state index in [-0.39, 0.29) is 31.1 Å². The van der Waals surface area contributed by atoms with Crippen molar-refractivity contribution in [3.8, 4) is 0 Å². The third-order valence-corrected chi connectivity index (χ3v) is 12.1. The van der Waals surface area contributed by atoms with Gasteiger partial charge in [-0.2, -0.15) is 0 Å². The fourth-order valence-electron chi connectivity index (χ4n) is 7.96. The molecule has 372 valence electrons. The van der Waals surface area contributed by atoms with E-state index in [0.29, 0.717) is 19.3 Å². The van der Waals surface area contributed by atoms with Crippen LogP contribution in [0, 0.1) is 0 Å². The zero-order chi connectivity index (χ0) is 46.5. The molecule has 0 radical (unpaired) electrons. The van der Waals surface area contributed by atoms with Crippen LogP contribution < -0.4 is 0 Å². The summed E-state index contributed by atoms with van der Waals surface area (Å²) in [5, 5.41) is 0. The van der Waals surface area contributed by atoms with Crippen molar-refractivity contribution in [3.63, 3.8) is 0 Å². The van der Waals surface area contributed by atoms with Crippen LogP contribution in [-0.2, 0) is 28.6 Å². The fraction of sp³-hybridized carbons (Fsp3) is 0.810. The van der Waals surface area contributed by atoms with E-state index >= 15 is 0 Å². The van der Waals surface area contributed by atoms with Gasteiger partial charge in [-0.1, -0.05) is 256 Å². The molecule has 0 fully saturated rings. The molecule has 1 unspecified atom stereocenters. The molecule has 6 heteroatoms. The molecule has 0 rings (SSSR count). The van der Waals surface area contributed by atoms with Crippen molar-refractivity contribution in [1.29, 1.82) is 0 Å². The van der Waals surface area contributed by atoms with Gasteiger partial charge < -0.3 is 14.2 Å². The highest BCUT2D eigenvalue weighted by molar-refractivity contribution is 5.71. The largest absolute Gasteiger partial charge is 0.462 e. The molecular formula is C58H104O6. The summed E-state index contributed by atoms with van der Waals surface area (Å²) in [6.45, 7) is 6.52. The number of hydrogen-bond donors (Lipinski definition) is 0. The predicted octanol–water partition coefficient (Wildman–Crippen LogP) is 18.3. The molecule has 0 bridgehead atoms. The fourth-order valence-corrected chi connectivity index (χ4v) is 7.96. The van der Waals surface area contributed by atoms with Gasteiger partial charge in [-0.15, -0.1) is 0 Å². The van der Waals surface area contributed by atoms with Crippen molar-refractivity contribution in [2.45, 2.75) is 290 Å². The molecule has 0 N–H and O–H groups in total. The molecule has 0 aromatic carbocycles. The molecule has 0 aliphatic carbocycles. The Balaban J connectivity index is 4.24. The number of rotatable bonds is 50. The zero-order valence-corrected chi connectivity index (χ0v) is 42.6. The molecule has 0 heterocycles. The van der Waals surface area contributed by atoms with E-state index in [0.717, 1.165) is 89.9 Å². The Morgan fingerprint density at radius 2 is 0.609 bits per heavy atom. The minimum absolute atomic E-state index is 0.0721. The van der Waals surface area contributed by atoms with E-state index < -0.39 is 6.10 Å². The minimum atomic E-state index is -0.771. The number of esters is 3. The van der Waals surface area contributed by atoms with Crippen LogP contribution >= 0.6 is 0 Å². The Morgan fingerprint density at radius 1 is 0.328 bits per heavy atom. The number of ether oxygens (including phenoxy) is 3. The quantitative estimate of drug-likeness (QED) is 0.0262. The average Bonchev–Trinajstić information content (AvgIpc) is 3.29. The molecule has 0 saturated carbocycles. The molecule has 0 aromatic heterocycles. The summed E-state index contributed by atoms with van der Waals surface area (Å²) in [5.74, 6) is -0.872. The third kappa shape index (κ3) is 50.4. The number of carbonyl (C=O) groups is 3. The number of carbonyl (C=O) groups excluding carboxylic acids is 3. The lowest BCUT2D eigenvalue weighted by atomic mass is 10.0. The first-order valence-electron chi connectivity index (χ1n) is 27.6. The number of hydrogen-bond acceptors (Lipinski definition) is 6. The van der Waals surface area contributed by atoms with Crippen molar-refractivity contribution in [2.75, 3.05) is 13.2 Å². The number of unbranched alkanes of at least 4 members (excludes halogenated alkanes) is 31. The van der Waals surface area contributed by atoms with Gasteiger partial charge in [0.15, 0.2) is 6.10 Å². The second-order valence-electron chi connectivity index (χ2n) is 18.5. The van der Waals surface area contributed by atoms with Crippen LogP contribution in [0.15, 0.2) is 48.6 Å². The first-order valence-corrected chi connectivity index (χ1v) is 27.6. The predicted molar refractivity (Wildman–Crippen MR) is 275 cm³/mol. The first kappa shape index (κ1) is 61.4. The monoisotopic (exact) mass is 897 g/mol. The Kier molecular flexibility index (Phi) is 50.8. The van der Waals surface area contributed by atoms with Crippen LogP contribution in [0.4, 0.5) is 0 Å². The van der Waals surface area contributed by atoms with Gasteiger partial charge in [0.05, 0.1) is 0 Å². The first-order chi connectivity index (χ1) is 31.5. The summed E-state index contributed by atoms with van der Waals surface area (Å²) in [6.07, 6.45) is 63.9. The van der Waals surface area contributed by atoms with Crippen molar-refractivity contribution < 1.29 is 28.6 Å². The maximum atomic E-state index is 12.8. The average molecular weight is 897 g/mol. The van der Waals surface area contributed by atoms with E-state index in [1.54, 1.807) is 0 Å². The smallest absolute Gasteiger partial charge is 0.306 e. The van der Waals surface area contributed by atoms with Crippen molar-refractivity contribution in [1.82, 2.24) is 0 Å². The van der Waals surface area contributed by atoms with Gasteiger partial charge in [-0.25, -0.2) is 0 Å². The summed E-state index contributed by atoms with van der Waals surface area (Å²) < 4.78 is 16.8. The lowest BCUT2D eigenvalue weighted by Gasteiger charge is -2.18. The van der Waals surface area contributed by atoms with Gasteiger partial charge in [0.25, 0.3) is 0 Å². The number of allylic oxidation sites excluding steroid dienone is 8. The molecule has 6 nitrogen and oxygen atoms in total. The van der Waals surface area contributed by atoms with E-state index in [4.69, 9.17) is 14.2 Å². The van der Waals surface area contributed by atoms with Gasteiger partial charge >= 0.3 is 17.9 Å². The van der Waals surface area contributed by atoms with Gasteiger partial charge in [-0.3, -0.25) is 14.4 Å². The Bertz CT molecular complexity index is 1120. The topological polar surface area (TPSA) is 78.9 Å². The summed E-state index contributed by atoms with van der Waals surface area (Å²) in [7, 11) is 0. The van der Waals surface area contributed by atoms with E-state index in [1.165, 1.54) is 154 Å². The lowest BCUT2D eigenvalue weighted by molar-refractivity contribution is -0.167. The second kappa shape index (κ2) is 53.0. The third-order valence-electron chi connectivity index (χ3n) is 12.1. The van der Waals surface area contributed by atoms with Crippen LogP contribution in [0.3, 0.4) is 0 Å². The molecule has 0 aliphatic rings. The van der Waals surface area contributed by atoms with Crippen LogP contribution in [0.2, 0.25) is 0 Å². The highest BCUT2D eigenvalue weighted by Gasteiger charge is 2.19.